The maximum atomic E-state index is 11.2. The normalized spacial score (nSPS) is 38.7. The average molecular weight is 351 g/mol. The zero-order chi connectivity index (χ0) is 17.8. The maximum absolute atomic E-state index is 11.2. The molecule has 138 valence electrons. The van der Waals surface area contributed by atoms with Crippen molar-refractivity contribution < 1.29 is 9.22 Å². The Morgan fingerprint density at radius 3 is 2.33 bits per heavy atom. The molecule has 3 heteroatoms. The average Bonchev–Trinajstić information content (AvgIpc) is 3.12. The first-order valence-electron chi connectivity index (χ1n) is 10.2. The van der Waals surface area contributed by atoms with Gasteiger partial charge in [0.2, 0.25) is 0 Å². The van der Waals surface area contributed by atoms with Gasteiger partial charge in [-0.15, -0.1) is 0 Å². The smallest absolute Gasteiger partial charge is 0.192 e. The standard InChI is InChI=1S/C21H38O2Si/c1-19(2,3)24(5,6)23-17-8-7-11-20(4)16(17)9-10-18(20)21(12-13-21)14-15-22/h15-18H,7-14H2,1-6H3/t16-,17-,18-,20-/m0/s1. The molecule has 0 unspecified atom stereocenters. The number of carbonyl (C=O) groups excluding carboxylic acids is 1. The number of fused-ring (bicyclic) bond motifs is 1. The first-order valence-corrected chi connectivity index (χ1v) is 13.1. The lowest BCUT2D eigenvalue weighted by atomic mass is 9.60. The molecule has 0 aromatic heterocycles. The Morgan fingerprint density at radius 2 is 1.79 bits per heavy atom. The van der Waals surface area contributed by atoms with Gasteiger partial charge in [0.05, 0.1) is 0 Å². The van der Waals surface area contributed by atoms with Crippen molar-refractivity contribution in [3.05, 3.63) is 0 Å². The summed E-state index contributed by atoms with van der Waals surface area (Å²) in [5, 5.41) is 0.286. The number of hydrogen-bond donors (Lipinski definition) is 0. The lowest BCUT2D eigenvalue weighted by Gasteiger charge is -2.50. The number of carbonyl (C=O) groups is 1. The minimum atomic E-state index is -1.71. The molecule has 0 radical (unpaired) electrons. The molecule has 0 N–H and O–H groups in total. The molecule has 4 atom stereocenters. The van der Waals surface area contributed by atoms with Crippen LogP contribution in [-0.4, -0.2) is 20.7 Å². The third-order valence-electron chi connectivity index (χ3n) is 8.44. The van der Waals surface area contributed by atoms with E-state index in [2.05, 4.69) is 40.8 Å². The quantitative estimate of drug-likeness (QED) is 0.451. The van der Waals surface area contributed by atoms with Gasteiger partial charge in [-0.25, -0.2) is 0 Å². The summed E-state index contributed by atoms with van der Waals surface area (Å²) in [7, 11) is -1.71. The molecule has 0 saturated heterocycles. The molecule has 3 saturated carbocycles. The van der Waals surface area contributed by atoms with E-state index in [1.807, 2.05) is 0 Å². The van der Waals surface area contributed by atoms with Crippen molar-refractivity contribution in [1.29, 1.82) is 0 Å². The summed E-state index contributed by atoms with van der Waals surface area (Å²) in [5.41, 5.74) is 0.773. The van der Waals surface area contributed by atoms with E-state index in [-0.39, 0.29) is 5.04 Å². The first-order chi connectivity index (χ1) is 11.1. The summed E-state index contributed by atoms with van der Waals surface area (Å²) >= 11 is 0. The van der Waals surface area contributed by atoms with Crippen molar-refractivity contribution in [3.8, 4) is 0 Å². The van der Waals surface area contributed by atoms with Crippen LogP contribution in [0, 0.1) is 22.7 Å². The first kappa shape index (κ1) is 18.6. The molecule has 0 bridgehead atoms. The van der Waals surface area contributed by atoms with Crippen LogP contribution in [0.25, 0.3) is 0 Å². The van der Waals surface area contributed by atoms with Crippen LogP contribution in [-0.2, 0) is 9.22 Å². The topological polar surface area (TPSA) is 26.3 Å². The Labute approximate surface area is 150 Å². The molecule has 0 heterocycles. The van der Waals surface area contributed by atoms with Gasteiger partial charge in [-0.1, -0.05) is 34.1 Å². The fourth-order valence-corrected chi connectivity index (χ4v) is 7.24. The van der Waals surface area contributed by atoms with E-state index in [9.17, 15) is 4.79 Å². The minimum absolute atomic E-state index is 0.286. The minimum Gasteiger partial charge on any atom is -0.414 e. The van der Waals surface area contributed by atoms with E-state index in [1.54, 1.807) is 0 Å². The van der Waals surface area contributed by atoms with E-state index < -0.39 is 8.32 Å². The highest BCUT2D eigenvalue weighted by atomic mass is 28.4. The Bertz CT molecular complexity index is 489. The fraction of sp³-hybridized carbons (Fsp3) is 0.952. The second kappa shape index (κ2) is 5.94. The molecule has 0 aromatic carbocycles. The number of rotatable bonds is 5. The highest BCUT2D eigenvalue weighted by Crippen LogP contribution is 2.69. The van der Waals surface area contributed by atoms with Gasteiger partial charge < -0.3 is 9.22 Å². The summed E-state index contributed by atoms with van der Waals surface area (Å²) in [6, 6.07) is 0. The van der Waals surface area contributed by atoms with E-state index in [1.165, 1.54) is 51.2 Å². The van der Waals surface area contributed by atoms with Gasteiger partial charge in [0, 0.05) is 12.5 Å². The highest BCUT2D eigenvalue weighted by molar-refractivity contribution is 6.74. The zero-order valence-electron chi connectivity index (χ0n) is 16.8. The Hall–Kier alpha value is -0.153. The molecule has 3 rings (SSSR count). The van der Waals surface area contributed by atoms with Gasteiger partial charge in [0.15, 0.2) is 8.32 Å². The van der Waals surface area contributed by atoms with Crippen molar-refractivity contribution in [2.75, 3.05) is 0 Å². The summed E-state index contributed by atoms with van der Waals surface area (Å²) < 4.78 is 6.93. The van der Waals surface area contributed by atoms with Crippen LogP contribution >= 0.6 is 0 Å². The summed E-state index contributed by atoms with van der Waals surface area (Å²) in [5.74, 6) is 1.47. The second-order valence-corrected chi connectivity index (χ2v) is 15.5. The second-order valence-electron chi connectivity index (χ2n) is 10.8. The van der Waals surface area contributed by atoms with Crippen molar-refractivity contribution >= 4 is 14.6 Å². The lowest BCUT2D eigenvalue weighted by Crippen LogP contribution is -2.50. The molecule has 0 aromatic rings. The van der Waals surface area contributed by atoms with E-state index in [0.717, 1.165) is 18.3 Å². The van der Waals surface area contributed by atoms with Crippen LogP contribution in [0.1, 0.15) is 79.1 Å². The molecular formula is C21H38O2Si. The van der Waals surface area contributed by atoms with Gasteiger partial charge in [0.25, 0.3) is 0 Å². The van der Waals surface area contributed by atoms with Crippen molar-refractivity contribution in [3.63, 3.8) is 0 Å². The Morgan fingerprint density at radius 1 is 1.12 bits per heavy atom. The largest absolute Gasteiger partial charge is 0.414 e. The van der Waals surface area contributed by atoms with Gasteiger partial charge in [0.1, 0.15) is 6.29 Å². The van der Waals surface area contributed by atoms with Crippen LogP contribution in [0.5, 0.6) is 0 Å². The molecule has 3 aliphatic rings. The fourth-order valence-electron chi connectivity index (χ4n) is 5.84. The predicted molar refractivity (Wildman–Crippen MR) is 103 cm³/mol. The third-order valence-corrected chi connectivity index (χ3v) is 12.9. The summed E-state index contributed by atoms with van der Waals surface area (Å²) in [4.78, 5) is 11.2. The van der Waals surface area contributed by atoms with Crippen LogP contribution in [0.2, 0.25) is 18.1 Å². The molecule has 0 amide bonds. The SMILES string of the molecule is CC(C)(C)[Si](C)(C)O[C@H]1CCC[C@]2(C)[C@@H](C3(CC=O)CC3)CC[C@@H]12. The van der Waals surface area contributed by atoms with Crippen LogP contribution in [0.3, 0.4) is 0 Å². The zero-order valence-corrected chi connectivity index (χ0v) is 17.8. The van der Waals surface area contributed by atoms with Gasteiger partial charge in [-0.2, -0.15) is 0 Å². The van der Waals surface area contributed by atoms with Gasteiger partial charge in [-0.05, 0) is 79.3 Å². The van der Waals surface area contributed by atoms with Crippen LogP contribution in [0.4, 0.5) is 0 Å². The van der Waals surface area contributed by atoms with Crippen molar-refractivity contribution in [1.82, 2.24) is 0 Å². The highest BCUT2D eigenvalue weighted by Gasteiger charge is 2.62. The molecular weight excluding hydrogens is 312 g/mol. The van der Waals surface area contributed by atoms with Gasteiger partial charge in [-0.3, -0.25) is 0 Å². The molecule has 3 fully saturated rings. The van der Waals surface area contributed by atoms with Crippen LogP contribution < -0.4 is 0 Å². The van der Waals surface area contributed by atoms with Gasteiger partial charge >= 0.3 is 0 Å². The predicted octanol–water partition coefficient (Wildman–Crippen LogP) is 5.96. The Kier molecular flexibility index (Phi) is 4.61. The lowest BCUT2D eigenvalue weighted by molar-refractivity contribution is -0.110. The maximum Gasteiger partial charge on any atom is 0.192 e. The van der Waals surface area contributed by atoms with E-state index >= 15 is 0 Å². The Balaban J connectivity index is 1.79. The molecule has 2 nitrogen and oxygen atoms in total. The van der Waals surface area contributed by atoms with E-state index in [4.69, 9.17) is 4.43 Å². The summed E-state index contributed by atoms with van der Waals surface area (Å²) in [6.07, 6.45) is 11.6. The van der Waals surface area contributed by atoms with Crippen molar-refractivity contribution in [2.24, 2.45) is 22.7 Å². The molecule has 3 aliphatic carbocycles. The third kappa shape index (κ3) is 2.94. The number of hydrogen-bond acceptors (Lipinski definition) is 2. The summed E-state index contributed by atoms with van der Waals surface area (Å²) in [6.45, 7) is 14.4. The van der Waals surface area contributed by atoms with E-state index in [0.29, 0.717) is 16.9 Å². The molecule has 24 heavy (non-hydrogen) atoms. The monoisotopic (exact) mass is 350 g/mol. The van der Waals surface area contributed by atoms with Crippen LogP contribution in [0.15, 0.2) is 0 Å². The number of aldehydes is 1. The molecule has 0 spiro atoms. The van der Waals surface area contributed by atoms with Crippen molar-refractivity contribution in [2.45, 2.75) is 103 Å². The molecule has 0 aliphatic heterocycles.